The van der Waals surface area contributed by atoms with Gasteiger partial charge in [-0.1, -0.05) is 29.3 Å². The maximum atomic E-state index is 13.0. The number of amides is 1. The van der Waals surface area contributed by atoms with E-state index in [1.807, 2.05) is 32.0 Å². The van der Waals surface area contributed by atoms with Crippen molar-refractivity contribution in [2.24, 2.45) is 0 Å². The predicted octanol–water partition coefficient (Wildman–Crippen LogP) is 5.15. The van der Waals surface area contributed by atoms with Gasteiger partial charge < -0.3 is 19.9 Å². The number of carbonyl (C=O) groups is 2. The molecule has 2 heterocycles. The number of benzene rings is 1. The van der Waals surface area contributed by atoms with Crippen LogP contribution in [0.15, 0.2) is 18.2 Å². The second-order valence-corrected chi connectivity index (χ2v) is 10.3. The second kappa shape index (κ2) is 12.4. The van der Waals surface area contributed by atoms with Crippen LogP contribution in [0.25, 0.3) is 0 Å². The van der Waals surface area contributed by atoms with Crippen molar-refractivity contribution in [2.45, 2.75) is 27.3 Å². The molecule has 0 spiro atoms. The molecule has 0 bridgehead atoms. The van der Waals surface area contributed by atoms with Crippen LogP contribution in [-0.4, -0.2) is 78.1 Å². The first-order valence-electron chi connectivity index (χ1n) is 11.4. The van der Waals surface area contributed by atoms with Crippen LogP contribution in [0.3, 0.4) is 0 Å². The van der Waals surface area contributed by atoms with Crippen molar-refractivity contribution in [1.82, 2.24) is 14.7 Å². The maximum absolute atomic E-state index is 13.0. The third-order valence-corrected chi connectivity index (χ3v) is 8.37. The Balaban J connectivity index is 1.71. The van der Waals surface area contributed by atoms with Crippen molar-refractivity contribution >= 4 is 68.7 Å². The molecule has 0 unspecified atom stereocenters. The quantitative estimate of drug-likeness (QED) is 0.373. The summed E-state index contributed by atoms with van der Waals surface area (Å²) >= 11 is 19.6. The topological polar surface area (TPSA) is 65.1 Å². The highest BCUT2D eigenvalue weighted by molar-refractivity contribution is 7.80. The minimum atomic E-state index is -0.496. The predicted molar refractivity (Wildman–Crippen MR) is 147 cm³/mol. The number of nitrogens with zero attached hydrogens (tertiary/aromatic N) is 3. The van der Waals surface area contributed by atoms with E-state index >= 15 is 0 Å². The van der Waals surface area contributed by atoms with Gasteiger partial charge in [0.05, 0.1) is 17.6 Å². The molecule has 1 aromatic heterocycles. The molecular weight excluding hydrogens is 527 g/mol. The lowest BCUT2D eigenvalue weighted by Gasteiger charge is -2.36. The van der Waals surface area contributed by atoms with E-state index in [-0.39, 0.29) is 5.91 Å². The molecule has 0 aliphatic carbocycles. The number of carbonyl (C=O) groups excluding carboxylic acids is 2. The summed E-state index contributed by atoms with van der Waals surface area (Å²) in [4.78, 5) is 32.2. The molecule has 0 saturated carbocycles. The molecule has 1 aliphatic heterocycles. The van der Waals surface area contributed by atoms with E-state index in [2.05, 4.69) is 15.1 Å². The van der Waals surface area contributed by atoms with Crippen molar-refractivity contribution < 1.29 is 14.3 Å². The number of piperazine rings is 1. The Bertz CT molecular complexity index is 1080. The second-order valence-electron chi connectivity index (χ2n) is 8.12. The summed E-state index contributed by atoms with van der Waals surface area (Å²) < 4.78 is 5.00. The number of thiocarbonyl (C=S) groups is 1. The Hall–Kier alpha value is -1.91. The summed E-state index contributed by atoms with van der Waals surface area (Å²) in [5, 5.41) is 5.57. The molecule has 0 radical (unpaired) electrons. The average molecular weight is 558 g/mol. The summed E-state index contributed by atoms with van der Waals surface area (Å²) in [6.45, 7) is 10.4. The lowest BCUT2D eigenvalue weighted by Crippen LogP contribution is -2.49. The Morgan fingerprint density at radius 2 is 1.74 bits per heavy atom. The Morgan fingerprint density at radius 3 is 2.29 bits per heavy atom. The molecule has 0 atom stereocenters. The highest BCUT2D eigenvalue weighted by Gasteiger charge is 2.29. The number of hydrogen-bond acceptors (Lipinski definition) is 6. The smallest absolute Gasteiger partial charge is 0.341 e. The third-order valence-electron chi connectivity index (χ3n) is 6.10. The van der Waals surface area contributed by atoms with Crippen LogP contribution in [0.4, 0.5) is 5.00 Å². The molecule has 1 amide bonds. The van der Waals surface area contributed by atoms with E-state index in [4.69, 9.17) is 40.2 Å². The van der Waals surface area contributed by atoms with Gasteiger partial charge in [0.2, 0.25) is 0 Å². The van der Waals surface area contributed by atoms with Crippen molar-refractivity contribution in [2.75, 3.05) is 51.7 Å². The summed E-state index contributed by atoms with van der Waals surface area (Å²) in [5.74, 6) is -0.599. The molecule has 11 heteroatoms. The van der Waals surface area contributed by atoms with Gasteiger partial charge in [-0.3, -0.25) is 9.69 Å². The van der Waals surface area contributed by atoms with Crippen LogP contribution in [0.5, 0.6) is 0 Å². The van der Waals surface area contributed by atoms with Gasteiger partial charge in [0.25, 0.3) is 5.91 Å². The van der Waals surface area contributed by atoms with Crippen LogP contribution in [0.1, 0.15) is 45.0 Å². The van der Waals surface area contributed by atoms with E-state index in [9.17, 15) is 9.59 Å². The number of thiophene rings is 1. The molecule has 2 aromatic rings. The zero-order chi connectivity index (χ0) is 25.7. The SMILES string of the molecule is CCN(CC)C(=O)c1sc(NC(=S)N2CCN(Cc3c(Cl)cccc3Cl)CC2)c(C(=O)OC)c1C. The van der Waals surface area contributed by atoms with Gasteiger partial charge in [0, 0.05) is 61.4 Å². The van der Waals surface area contributed by atoms with Gasteiger partial charge >= 0.3 is 5.97 Å². The van der Waals surface area contributed by atoms with Gasteiger partial charge in [-0.25, -0.2) is 4.79 Å². The minimum Gasteiger partial charge on any atom is -0.465 e. The van der Waals surface area contributed by atoms with E-state index in [0.717, 1.165) is 18.7 Å². The summed E-state index contributed by atoms with van der Waals surface area (Å²) in [5.41, 5.74) is 1.88. The zero-order valence-electron chi connectivity index (χ0n) is 20.3. The van der Waals surface area contributed by atoms with E-state index < -0.39 is 5.97 Å². The Kier molecular flexibility index (Phi) is 9.77. The third kappa shape index (κ3) is 6.27. The lowest BCUT2D eigenvalue weighted by molar-refractivity contribution is 0.0601. The van der Waals surface area contributed by atoms with Gasteiger partial charge in [-0.15, -0.1) is 11.3 Å². The molecule has 1 fully saturated rings. The number of methoxy groups -OCH3 is 1. The number of nitrogens with one attached hydrogen (secondary N) is 1. The number of rotatable bonds is 7. The van der Waals surface area contributed by atoms with Crippen LogP contribution < -0.4 is 5.32 Å². The van der Waals surface area contributed by atoms with E-state index in [1.165, 1.54) is 18.4 Å². The molecule has 190 valence electrons. The highest BCUT2D eigenvalue weighted by Crippen LogP contribution is 2.35. The molecule has 3 rings (SSSR count). The van der Waals surface area contributed by atoms with Crippen molar-refractivity contribution in [3.8, 4) is 0 Å². The van der Waals surface area contributed by atoms with Crippen LogP contribution >= 0.6 is 46.8 Å². The van der Waals surface area contributed by atoms with Crippen molar-refractivity contribution in [3.05, 3.63) is 49.8 Å². The highest BCUT2D eigenvalue weighted by atomic mass is 35.5. The average Bonchev–Trinajstić information content (AvgIpc) is 3.17. The zero-order valence-corrected chi connectivity index (χ0v) is 23.5. The molecular formula is C24H30Cl2N4O3S2. The normalized spacial score (nSPS) is 14.1. The minimum absolute atomic E-state index is 0.103. The largest absolute Gasteiger partial charge is 0.465 e. The van der Waals surface area contributed by atoms with Gasteiger partial charge in [0.15, 0.2) is 5.11 Å². The fourth-order valence-electron chi connectivity index (χ4n) is 4.00. The first-order chi connectivity index (χ1) is 16.7. The monoisotopic (exact) mass is 556 g/mol. The first kappa shape index (κ1) is 27.7. The molecule has 1 aromatic carbocycles. The number of esters is 1. The fourth-order valence-corrected chi connectivity index (χ4v) is 6.03. The maximum Gasteiger partial charge on any atom is 0.341 e. The van der Waals surface area contributed by atoms with Crippen molar-refractivity contribution in [1.29, 1.82) is 0 Å². The summed E-state index contributed by atoms with van der Waals surface area (Å²) in [7, 11) is 1.33. The Labute approximate surface area is 225 Å². The molecule has 35 heavy (non-hydrogen) atoms. The summed E-state index contributed by atoms with van der Waals surface area (Å²) in [6, 6.07) is 5.53. The number of halogens is 2. The van der Waals surface area contributed by atoms with Crippen molar-refractivity contribution in [3.63, 3.8) is 0 Å². The van der Waals surface area contributed by atoms with E-state index in [1.54, 1.807) is 11.8 Å². The fraction of sp³-hybridized carbons (Fsp3) is 0.458. The molecule has 1 aliphatic rings. The molecule has 1 saturated heterocycles. The number of ether oxygens (including phenoxy) is 1. The Morgan fingerprint density at radius 1 is 1.14 bits per heavy atom. The molecule has 7 nitrogen and oxygen atoms in total. The van der Waals surface area contributed by atoms with Crippen LogP contribution in [-0.2, 0) is 11.3 Å². The lowest BCUT2D eigenvalue weighted by atomic mass is 10.1. The molecule has 1 N–H and O–H groups in total. The van der Waals surface area contributed by atoms with Crippen LogP contribution in [0.2, 0.25) is 10.0 Å². The van der Waals surface area contributed by atoms with Gasteiger partial charge in [0.1, 0.15) is 5.00 Å². The first-order valence-corrected chi connectivity index (χ1v) is 13.4. The van der Waals surface area contributed by atoms with Crippen LogP contribution in [0, 0.1) is 6.92 Å². The summed E-state index contributed by atoms with van der Waals surface area (Å²) in [6.07, 6.45) is 0. The van der Waals surface area contributed by atoms with Gasteiger partial charge in [-0.2, -0.15) is 0 Å². The van der Waals surface area contributed by atoms with Gasteiger partial charge in [-0.05, 0) is 50.7 Å². The number of anilines is 1. The standard InChI is InChI=1S/C24H30Cl2N4O3S2/c1-5-29(6-2)22(31)20-15(3)19(23(32)33-4)21(35-20)27-24(34)30-12-10-28(11-13-30)14-16-17(25)8-7-9-18(16)26/h7-9H,5-6,10-14H2,1-4H3,(H,27,34). The van der Waals surface area contributed by atoms with E-state index in [0.29, 0.717) is 68.9 Å². The number of hydrogen-bond donors (Lipinski definition) is 1.